The fourth-order valence-corrected chi connectivity index (χ4v) is 5.29. The lowest BCUT2D eigenvalue weighted by atomic mass is 9.99. The highest BCUT2D eigenvalue weighted by molar-refractivity contribution is 8.15. The zero-order valence-corrected chi connectivity index (χ0v) is 24.8. The number of alkyl halides is 3. The molecule has 4 aromatic rings. The fourth-order valence-electron chi connectivity index (χ4n) is 4.40. The number of carbonyl (C=O) groups excluding carboxylic acids is 1. The number of amides is 1. The van der Waals surface area contributed by atoms with Gasteiger partial charge in [-0.3, -0.25) is 9.69 Å². The van der Waals surface area contributed by atoms with Crippen molar-refractivity contribution in [3.63, 3.8) is 0 Å². The maximum absolute atomic E-state index is 12.8. The van der Waals surface area contributed by atoms with Crippen LogP contribution in [-0.2, 0) is 4.79 Å². The number of carbonyl (C=O) groups is 1. The first kappa shape index (κ1) is 31.0. The maximum Gasteiger partial charge on any atom is 0.573 e. The van der Waals surface area contributed by atoms with Crippen LogP contribution in [-0.4, -0.2) is 56.1 Å². The highest BCUT2D eigenvalue weighted by Gasteiger charge is 2.32. The number of hydrogen-bond donors (Lipinski definition) is 2. The number of nitrogens with zero attached hydrogens (tertiary/aromatic N) is 5. The van der Waals surface area contributed by atoms with Gasteiger partial charge in [0.15, 0.2) is 11.0 Å². The summed E-state index contributed by atoms with van der Waals surface area (Å²) < 4.78 is 48.2. The number of rotatable bonds is 10. The van der Waals surface area contributed by atoms with Gasteiger partial charge in [0.25, 0.3) is 0 Å². The standard InChI is InChI=1S/C30H29F3N6O4S/c1-18(2)24-13-4-19(3)14-25(24)39-26(40)15-44-29(39)36-28(41)35-17-42-22-9-5-20(6-10-22)27-34-16-38(37-27)21-7-11-23(12-8-21)43-30(31,32)33/h4-14,16,18,28,35,41H,15,17H2,1-3H3/b36-29-. The van der Waals surface area contributed by atoms with Crippen LogP contribution in [0, 0.1) is 6.92 Å². The minimum Gasteiger partial charge on any atom is -0.478 e. The number of thioether (sulfide) groups is 1. The summed E-state index contributed by atoms with van der Waals surface area (Å²) >= 11 is 1.27. The van der Waals surface area contributed by atoms with Gasteiger partial charge in [-0.05, 0) is 78.6 Å². The van der Waals surface area contributed by atoms with Crippen LogP contribution in [0.3, 0.4) is 0 Å². The number of aryl methyl sites for hydroxylation is 1. The van der Waals surface area contributed by atoms with Gasteiger partial charge in [0.1, 0.15) is 24.6 Å². The average molecular weight is 627 g/mol. The van der Waals surface area contributed by atoms with Gasteiger partial charge in [-0.2, -0.15) is 0 Å². The van der Waals surface area contributed by atoms with E-state index >= 15 is 0 Å². The molecule has 1 saturated heterocycles. The molecule has 1 fully saturated rings. The summed E-state index contributed by atoms with van der Waals surface area (Å²) in [5.41, 5.74) is 4.00. The SMILES string of the molecule is Cc1ccc(C(C)C)c(N2C(=O)CS/C2=N\C(O)NCOc2ccc(-c3ncn(-c4ccc(OC(F)(F)F)cc4)n3)cc2)c1. The quantitative estimate of drug-likeness (QED) is 0.219. The summed E-state index contributed by atoms with van der Waals surface area (Å²) in [6, 6.07) is 18.2. The topological polar surface area (TPSA) is 114 Å². The Balaban J connectivity index is 1.17. The summed E-state index contributed by atoms with van der Waals surface area (Å²) in [4.78, 5) is 22.9. The van der Waals surface area contributed by atoms with Crippen molar-refractivity contribution in [3.8, 4) is 28.6 Å². The molecule has 10 nitrogen and oxygen atoms in total. The van der Waals surface area contributed by atoms with Gasteiger partial charge >= 0.3 is 6.36 Å². The average Bonchev–Trinajstić information content (AvgIpc) is 3.60. The summed E-state index contributed by atoms with van der Waals surface area (Å²) in [5, 5.41) is 18.1. The van der Waals surface area contributed by atoms with Crippen molar-refractivity contribution in [2.45, 2.75) is 39.4 Å². The van der Waals surface area contributed by atoms with E-state index in [0.717, 1.165) is 16.8 Å². The van der Waals surface area contributed by atoms with Crippen LogP contribution in [0.4, 0.5) is 18.9 Å². The summed E-state index contributed by atoms with van der Waals surface area (Å²) in [6.07, 6.45) is -4.62. The third kappa shape index (κ3) is 7.56. The fraction of sp³-hybridized carbons (Fsp3) is 0.267. The van der Waals surface area contributed by atoms with Crippen molar-refractivity contribution in [2.24, 2.45) is 4.99 Å². The third-order valence-electron chi connectivity index (χ3n) is 6.49. The monoisotopic (exact) mass is 626 g/mol. The zero-order valence-electron chi connectivity index (χ0n) is 23.9. The molecule has 1 amide bonds. The van der Waals surface area contributed by atoms with E-state index in [0.29, 0.717) is 28.0 Å². The lowest BCUT2D eigenvalue weighted by Gasteiger charge is -2.23. The number of nitrogens with one attached hydrogen (secondary N) is 1. The molecule has 3 aromatic carbocycles. The Hall–Kier alpha value is -4.40. The van der Waals surface area contributed by atoms with E-state index in [1.165, 1.54) is 47.0 Å². The molecule has 1 aliphatic heterocycles. The van der Waals surface area contributed by atoms with E-state index in [9.17, 15) is 23.1 Å². The Morgan fingerprint density at radius 1 is 1.07 bits per heavy atom. The number of aromatic nitrogens is 3. The molecule has 0 saturated carbocycles. The molecular weight excluding hydrogens is 597 g/mol. The van der Waals surface area contributed by atoms with Crippen LogP contribution in [0.5, 0.6) is 11.5 Å². The summed E-state index contributed by atoms with van der Waals surface area (Å²) in [5.74, 6) is 0.909. The smallest absolute Gasteiger partial charge is 0.478 e. The molecule has 0 spiro atoms. The molecule has 1 unspecified atom stereocenters. The second kappa shape index (κ2) is 13.1. The van der Waals surface area contributed by atoms with Crippen molar-refractivity contribution >= 4 is 28.5 Å². The number of aliphatic imine (C=N–C) groups is 1. The largest absolute Gasteiger partial charge is 0.573 e. The van der Waals surface area contributed by atoms with Crippen molar-refractivity contribution in [3.05, 3.63) is 84.2 Å². The first-order chi connectivity index (χ1) is 21.0. The van der Waals surface area contributed by atoms with Gasteiger partial charge in [0, 0.05) is 5.56 Å². The molecule has 2 N–H and O–H groups in total. The van der Waals surface area contributed by atoms with E-state index in [4.69, 9.17) is 4.74 Å². The predicted octanol–water partition coefficient (Wildman–Crippen LogP) is 5.60. The molecule has 0 radical (unpaired) electrons. The third-order valence-corrected chi connectivity index (χ3v) is 7.43. The number of aliphatic hydroxyl groups excluding tert-OH is 1. The second-order valence-electron chi connectivity index (χ2n) is 10.1. The summed E-state index contributed by atoms with van der Waals surface area (Å²) in [6.45, 7) is 6.03. The van der Waals surface area contributed by atoms with Gasteiger partial charge in [-0.25, -0.2) is 20.0 Å². The normalized spacial score (nSPS) is 15.3. The van der Waals surface area contributed by atoms with Gasteiger partial charge in [-0.1, -0.05) is 37.7 Å². The van der Waals surface area contributed by atoms with Crippen LogP contribution >= 0.6 is 11.8 Å². The Bertz CT molecular complexity index is 1640. The van der Waals surface area contributed by atoms with Gasteiger partial charge in [0.05, 0.1) is 17.1 Å². The van der Waals surface area contributed by atoms with Crippen molar-refractivity contribution in [1.29, 1.82) is 0 Å². The number of anilines is 1. The number of halogens is 3. The molecule has 14 heteroatoms. The van der Waals surface area contributed by atoms with Crippen LogP contribution in [0.2, 0.25) is 0 Å². The molecule has 2 heterocycles. The zero-order chi connectivity index (χ0) is 31.4. The first-order valence-corrected chi connectivity index (χ1v) is 14.5. The highest BCUT2D eigenvalue weighted by atomic mass is 32.2. The van der Waals surface area contributed by atoms with Gasteiger partial charge in [0.2, 0.25) is 12.3 Å². The van der Waals surface area contributed by atoms with Gasteiger partial charge in [-0.15, -0.1) is 18.3 Å². The van der Waals surface area contributed by atoms with Crippen LogP contribution in [0.15, 0.2) is 78.0 Å². The van der Waals surface area contributed by atoms with Crippen molar-refractivity contribution in [1.82, 2.24) is 20.1 Å². The summed E-state index contributed by atoms with van der Waals surface area (Å²) in [7, 11) is 0. The Labute approximate surface area is 255 Å². The van der Waals surface area contributed by atoms with E-state index in [2.05, 4.69) is 39.0 Å². The predicted molar refractivity (Wildman–Crippen MR) is 161 cm³/mol. The lowest BCUT2D eigenvalue weighted by Crippen LogP contribution is -2.35. The minimum atomic E-state index is -4.76. The Kier molecular flexibility index (Phi) is 9.22. The number of ether oxygens (including phenoxy) is 2. The molecule has 0 aliphatic carbocycles. The van der Waals surface area contributed by atoms with Crippen LogP contribution in [0.1, 0.15) is 30.9 Å². The van der Waals surface area contributed by atoms with Crippen LogP contribution in [0.25, 0.3) is 17.1 Å². The Morgan fingerprint density at radius 2 is 1.77 bits per heavy atom. The van der Waals surface area contributed by atoms with Crippen LogP contribution < -0.4 is 19.7 Å². The van der Waals surface area contributed by atoms with E-state index < -0.39 is 12.7 Å². The molecule has 1 atom stereocenters. The highest BCUT2D eigenvalue weighted by Crippen LogP contribution is 2.34. The molecule has 44 heavy (non-hydrogen) atoms. The molecule has 1 aromatic heterocycles. The number of aliphatic hydroxyl groups is 1. The molecule has 230 valence electrons. The van der Waals surface area contributed by atoms with E-state index in [1.54, 1.807) is 29.2 Å². The number of amidine groups is 1. The second-order valence-corrected chi connectivity index (χ2v) is 11.0. The number of benzene rings is 3. The van der Waals surface area contributed by atoms with Crippen molar-refractivity contribution < 1.29 is 32.5 Å². The van der Waals surface area contributed by atoms with Gasteiger partial charge < -0.3 is 14.6 Å². The van der Waals surface area contributed by atoms with Crippen molar-refractivity contribution in [2.75, 3.05) is 17.4 Å². The Morgan fingerprint density at radius 3 is 2.45 bits per heavy atom. The molecule has 0 bridgehead atoms. The lowest BCUT2D eigenvalue weighted by molar-refractivity contribution is -0.274. The molecule has 1 aliphatic rings. The number of hydrogen-bond acceptors (Lipinski definition) is 9. The van der Waals surface area contributed by atoms with E-state index in [-0.39, 0.29) is 30.1 Å². The molecular formula is C30H29F3N6O4S. The van der Waals surface area contributed by atoms with E-state index in [1.807, 2.05) is 25.1 Å². The first-order valence-electron chi connectivity index (χ1n) is 13.5. The minimum absolute atomic E-state index is 0.0570. The molecule has 5 rings (SSSR count). The maximum atomic E-state index is 12.8.